The third-order valence-corrected chi connectivity index (χ3v) is 3.29. The lowest BCUT2D eigenvalue weighted by Gasteiger charge is -2.19. The molecule has 2 aromatic rings. The van der Waals surface area contributed by atoms with Crippen LogP contribution in [0.4, 0.5) is 17.5 Å². The van der Waals surface area contributed by atoms with Gasteiger partial charge in [0.1, 0.15) is 17.5 Å². The number of rotatable bonds is 5. The Kier molecular flexibility index (Phi) is 4.20. The van der Waals surface area contributed by atoms with Gasteiger partial charge in [-0.2, -0.15) is 0 Å². The van der Waals surface area contributed by atoms with E-state index in [2.05, 4.69) is 25.9 Å². The largest absolute Gasteiger partial charge is 0.394 e. The summed E-state index contributed by atoms with van der Waals surface area (Å²) >= 11 is 0. The lowest BCUT2D eigenvalue weighted by Crippen LogP contribution is -2.25. The van der Waals surface area contributed by atoms with E-state index in [9.17, 15) is 9.90 Å². The first kappa shape index (κ1) is 15.0. The van der Waals surface area contributed by atoms with E-state index in [4.69, 9.17) is 0 Å². The summed E-state index contributed by atoms with van der Waals surface area (Å²) in [5, 5.41) is 19.2. The number of nitrogens with one attached hydrogen (secondary N) is 2. The summed E-state index contributed by atoms with van der Waals surface area (Å²) in [6, 6.07) is 7.03. The molecule has 1 unspecified atom stereocenters. The number of aliphatic hydroxyl groups excluding tert-OH is 1. The summed E-state index contributed by atoms with van der Waals surface area (Å²) in [7, 11) is 0. The van der Waals surface area contributed by atoms with Gasteiger partial charge in [-0.1, -0.05) is 6.07 Å². The molecule has 3 heterocycles. The first-order valence-electron chi connectivity index (χ1n) is 7.19. The fourth-order valence-corrected chi connectivity index (χ4v) is 2.19. The number of nitrogens with zero attached hydrogens (tertiary/aromatic N) is 3. The lowest BCUT2D eigenvalue weighted by molar-refractivity contribution is 0.0965. The maximum absolute atomic E-state index is 12.1. The number of hydrogen-bond donors (Lipinski definition) is 3. The van der Waals surface area contributed by atoms with Crippen LogP contribution in [0.25, 0.3) is 6.08 Å². The number of pyridine rings is 2. The highest BCUT2D eigenvalue weighted by Crippen LogP contribution is 2.27. The molecule has 0 aromatic carbocycles. The first-order valence-corrected chi connectivity index (χ1v) is 7.19. The van der Waals surface area contributed by atoms with Crippen LogP contribution in [0.3, 0.4) is 0 Å². The second kappa shape index (κ2) is 6.45. The Bertz CT molecular complexity index is 746. The molecular formula is C16H16N5O2. The Morgan fingerprint density at radius 1 is 1.30 bits per heavy atom. The molecule has 0 spiro atoms. The number of hydrogen-bond acceptors (Lipinski definition) is 6. The second-order valence-electron chi connectivity index (χ2n) is 5.14. The van der Waals surface area contributed by atoms with Gasteiger partial charge in [-0.05, 0) is 36.8 Å². The Morgan fingerprint density at radius 2 is 2.17 bits per heavy atom. The van der Waals surface area contributed by atoms with Crippen molar-refractivity contribution in [2.24, 2.45) is 0 Å². The van der Waals surface area contributed by atoms with Gasteiger partial charge in [0.15, 0.2) is 0 Å². The van der Waals surface area contributed by atoms with Gasteiger partial charge in [-0.3, -0.25) is 4.79 Å². The lowest BCUT2D eigenvalue weighted by atomic mass is 10.1. The molecule has 7 heteroatoms. The van der Waals surface area contributed by atoms with Crippen LogP contribution < -0.4 is 16.0 Å². The summed E-state index contributed by atoms with van der Waals surface area (Å²) in [6.45, 7) is 1.72. The molecule has 1 aliphatic heterocycles. The van der Waals surface area contributed by atoms with Gasteiger partial charge in [0.05, 0.1) is 12.2 Å². The highest BCUT2D eigenvalue weighted by atomic mass is 16.3. The third kappa shape index (κ3) is 3.29. The zero-order chi connectivity index (χ0) is 16.2. The first-order chi connectivity index (χ1) is 11.2. The summed E-state index contributed by atoms with van der Waals surface area (Å²) in [5.74, 6) is 1.24. The molecule has 1 amide bonds. The van der Waals surface area contributed by atoms with Gasteiger partial charge < -0.3 is 15.7 Å². The number of fused-ring (bicyclic) bond motifs is 1. The molecule has 3 N–H and O–H groups in total. The van der Waals surface area contributed by atoms with Crippen molar-refractivity contribution in [1.82, 2.24) is 15.3 Å². The van der Waals surface area contributed by atoms with Crippen molar-refractivity contribution < 1.29 is 9.90 Å². The Morgan fingerprint density at radius 3 is 2.91 bits per heavy atom. The van der Waals surface area contributed by atoms with Gasteiger partial charge in [0, 0.05) is 18.4 Å². The van der Waals surface area contributed by atoms with Gasteiger partial charge in [0.2, 0.25) is 0 Å². The molecule has 0 saturated heterocycles. The van der Waals surface area contributed by atoms with E-state index in [-0.39, 0.29) is 18.6 Å². The Labute approximate surface area is 133 Å². The van der Waals surface area contributed by atoms with Crippen molar-refractivity contribution in [3.8, 4) is 0 Å². The van der Waals surface area contributed by atoms with Gasteiger partial charge in [-0.25, -0.2) is 15.3 Å². The van der Waals surface area contributed by atoms with E-state index in [0.717, 1.165) is 0 Å². The van der Waals surface area contributed by atoms with Crippen molar-refractivity contribution in [3.63, 3.8) is 0 Å². The molecule has 2 aromatic heterocycles. The summed E-state index contributed by atoms with van der Waals surface area (Å²) in [6.07, 6.45) is 4.89. The molecule has 117 valence electrons. The van der Waals surface area contributed by atoms with E-state index < -0.39 is 0 Å². The topological polar surface area (TPSA) is 101 Å². The highest BCUT2D eigenvalue weighted by molar-refractivity contribution is 6.05. The molecule has 0 aliphatic carbocycles. The number of amides is 1. The quantitative estimate of drug-likeness (QED) is 0.777. The summed E-state index contributed by atoms with van der Waals surface area (Å²) in [4.78, 5) is 20.7. The predicted octanol–water partition coefficient (Wildman–Crippen LogP) is 1.74. The van der Waals surface area contributed by atoms with E-state index in [1.165, 1.54) is 6.20 Å². The highest BCUT2D eigenvalue weighted by Gasteiger charge is 2.22. The predicted molar refractivity (Wildman–Crippen MR) is 87.4 cm³/mol. The molecule has 0 saturated carbocycles. The van der Waals surface area contributed by atoms with Crippen molar-refractivity contribution in [3.05, 3.63) is 47.8 Å². The zero-order valence-electron chi connectivity index (χ0n) is 12.5. The van der Waals surface area contributed by atoms with Crippen LogP contribution >= 0.6 is 0 Å². The molecule has 1 aliphatic rings. The maximum atomic E-state index is 12.1. The Balaban J connectivity index is 2.00. The molecule has 1 radical (unpaired) electrons. The normalized spacial score (nSPS) is 13.9. The van der Waals surface area contributed by atoms with Crippen molar-refractivity contribution in [1.29, 1.82) is 0 Å². The minimum Gasteiger partial charge on any atom is -0.394 e. The molecule has 3 rings (SSSR count). The number of aromatic nitrogens is 2. The molecular weight excluding hydrogens is 294 g/mol. The number of carbonyl (C=O) groups is 1. The monoisotopic (exact) mass is 310 g/mol. The van der Waals surface area contributed by atoms with E-state index in [0.29, 0.717) is 28.6 Å². The average molecular weight is 310 g/mol. The molecule has 0 bridgehead atoms. The molecule has 23 heavy (non-hydrogen) atoms. The summed E-state index contributed by atoms with van der Waals surface area (Å²) < 4.78 is 0. The Hall–Kier alpha value is -2.93. The SMILES string of the molecule is CC(CO)Nc1nc(Nc2ccccn2)cc2c1C(=O)[N]C=C2. The van der Waals surface area contributed by atoms with Crippen LogP contribution in [0.2, 0.25) is 0 Å². The number of aliphatic hydroxyl groups is 1. The fraction of sp³-hybridized carbons (Fsp3) is 0.188. The van der Waals surface area contributed by atoms with Crippen LogP contribution in [0, 0.1) is 0 Å². The number of anilines is 3. The van der Waals surface area contributed by atoms with Crippen molar-refractivity contribution in [2.75, 3.05) is 17.2 Å². The maximum Gasteiger partial charge on any atom is 0.281 e. The fourth-order valence-electron chi connectivity index (χ4n) is 2.19. The smallest absolute Gasteiger partial charge is 0.281 e. The van der Waals surface area contributed by atoms with Gasteiger partial charge in [0.25, 0.3) is 5.91 Å². The minimum atomic E-state index is -0.355. The average Bonchev–Trinajstić information content (AvgIpc) is 2.55. The van der Waals surface area contributed by atoms with Crippen LogP contribution in [0.15, 0.2) is 36.7 Å². The van der Waals surface area contributed by atoms with E-state index >= 15 is 0 Å². The second-order valence-corrected chi connectivity index (χ2v) is 5.14. The zero-order valence-corrected chi connectivity index (χ0v) is 12.5. The van der Waals surface area contributed by atoms with E-state index in [1.807, 2.05) is 18.2 Å². The van der Waals surface area contributed by atoms with Crippen LogP contribution in [-0.4, -0.2) is 33.6 Å². The number of carbonyl (C=O) groups excluding carboxylic acids is 1. The molecule has 7 nitrogen and oxygen atoms in total. The summed E-state index contributed by atoms with van der Waals surface area (Å²) in [5.41, 5.74) is 1.12. The third-order valence-electron chi connectivity index (χ3n) is 3.29. The molecule has 1 atom stereocenters. The molecule has 0 fully saturated rings. The standard InChI is InChI=1S/C16H16N5O2/c1-10(9-22)19-15-14-11(5-7-18-16(14)23)8-13(21-15)20-12-4-2-3-6-17-12/h2-8,10,22H,9H2,1H3,(H2,17,19,20,21). The van der Waals surface area contributed by atoms with Crippen LogP contribution in [0.1, 0.15) is 22.8 Å². The van der Waals surface area contributed by atoms with Crippen molar-refractivity contribution >= 4 is 29.4 Å². The van der Waals surface area contributed by atoms with Crippen molar-refractivity contribution in [2.45, 2.75) is 13.0 Å². The minimum absolute atomic E-state index is 0.0739. The van der Waals surface area contributed by atoms with Crippen LogP contribution in [-0.2, 0) is 0 Å². The van der Waals surface area contributed by atoms with E-state index in [1.54, 1.807) is 25.3 Å². The van der Waals surface area contributed by atoms with Gasteiger partial charge >= 0.3 is 0 Å². The van der Waals surface area contributed by atoms with Crippen LogP contribution in [0.5, 0.6) is 0 Å². The van der Waals surface area contributed by atoms with Gasteiger partial charge in [-0.15, -0.1) is 0 Å².